The fourth-order valence-electron chi connectivity index (χ4n) is 3.60. The second-order valence-electron chi connectivity index (χ2n) is 7.21. The van der Waals surface area contributed by atoms with Crippen LogP contribution < -0.4 is 5.32 Å². The van der Waals surface area contributed by atoms with Crippen LogP contribution in [0.1, 0.15) is 90.4 Å². The Hall–Kier alpha value is -1.76. The Morgan fingerprint density at radius 3 is 2.54 bits per heavy atom. The average molecular weight is 377 g/mol. The Balaban J connectivity index is 1.84. The second kappa shape index (κ2) is 8.29. The third-order valence-corrected chi connectivity index (χ3v) is 6.27. The van der Waals surface area contributed by atoms with Crippen molar-refractivity contribution < 1.29 is 9.32 Å². The molecule has 1 aliphatic carbocycles. The van der Waals surface area contributed by atoms with Gasteiger partial charge in [0.05, 0.1) is 10.7 Å². The molecule has 1 aliphatic rings. The number of unbranched alkanes of at least 4 members (excludes halogenated alkanes) is 1. The monoisotopic (exact) mass is 376 g/mol. The molecular formula is C19H28N4O2S. The van der Waals surface area contributed by atoms with Gasteiger partial charge in [-0.1, -0.05) is 44.2 Å². The van der Waals surface area contributed by atoms with E-state index in [9.17, 15) is 4.79 Å². The Kier molecular flexibility index (Phi) is 6.06. The van der Waals surface area contributed by atoms with E-state index in [4.69, 9.17) is 4.52 Å². The standard InChI is InChI=1S/C19H28N4O2S/c1-4-5-10-15-20-13(2)16(26-15)17(24)22-19(11-8-6-7-9-12-19)18-21-14(3)25-23-18/h4-12H2,1-3H3,(H,22,24). The van der Waals surface area contributed by atoms with Crippen LogP contribution in [0.3, 0.4) is 0 Å². The third kappa shape index (κ3) is 4.14. The molecule has 3 rings (SSSR count). The molecule has 142 valence electrons. The van der Waals surface area contributed by atoms with E-state index in [0.29, 0.717) is 16.6 Å². The van der Waals surface area contributed by atoms with Crippen molar-refractivity contribution in [2.24, 2.45) is 0 Å². The number of hydrogen-bond donors (Lipinski definition) is 1. The van der Waals surface area contributed by atoms with Crippen molar-refractivity contribution in [2.75, 3.05) is 0 Å². The van der Waals surface area contributed by atoms with Gasteiger partial charge in [-0.15, -0.1) is 11.3 Å². The molecule has 1 amide bonds. The average Bonchev–Trinajstić information content (AvgIpc) is 3.13. The first kappa shape index (κ1) is 19.0. The zero-order valence-electron chi connectivity index (χ0n) is 15.9. The third-order valence-electron chi connectivity index (χ3n) is 5.06. The van der Waals surface area contributed by atoms with Gasteiger partial charge in [-0.3, -0.25) is 4.79 Å². The van der Waals surface area contributed by atoms with Gasteiger partial charge in [-0.25, -0.2) is 4.98 Å². The molecule has 0 atom stereocenters. The van der Waals surface area contributed by atoms with Crippen molar-refractivity contribution in [3.8, 4) is 0 Å². The molecule has 0 bridgehead atoms. The molecule has 6 nitrogen and oxygen atoms in total. The normalized spacial score (nSPS) is 17.0. The highest BCUT2D eigenvalue weighted by atomic mass is 32.1. The van der Waals surface area contributed by atoms with Crippen LogP contribution in [0.25, 0.3) is 0 Å². The predicted molar refractivity (Wildman–Crippen MR) is 101 cm³/mol. The molecule has 0 saturated heterocycles. The van der Waals surface area contributed by atoms with Crippen LogP contribution in [0, 0.1) is 13.8 Å². The van der Waals surface area contributed by atoms with Crippen molar-refractivity contribution in [2.45, 2.75) is 84.1 Å². The van der Waals surface area contributed by atoms with Crippen molar-refractivity contribution in [1.29, 1.82) is 0 Å². The molecule has 0 aliphatic heterocycles. The summed E-state index contributed by atoms with van der Waals surface area (Å²) in [4.78, 5) is 22.8. The van der Waals surface area contributed by atoms with Crippen molar-refractivity contribution in [3.05, 3.63) is 27.3 Å². The Bertz CT molecular complexity index is 745. The fraction of sp³-hybridized carbons (Fsp3) is 0.684. The maximum absolute atomic E-state index is 13.1. The molecule has 2 heterocycles. The van der Waals surface area contributed by atoms with Gasteiger partial charge in [0.15, 0.2) is 5.82 Å². The highest BCUT2D eigenvalue weighted by molar-refractivity contribution is 7.13. The van der Waals surface area contributed by atoms with Crippen molar-refractivity contribution in [3.63, 3.8) is 0 Å². The summed E-state index contributed by atoms with van der Waals surface area (Å²) >= 11 is 1.51. The number of carbonyl (C=O) groups excluding carboxylic acids is 1. The number of nitrogens with zero attached hydrogens (tertiary/aromatic N) is 3. The zero-order chi connectivity index (χ0) is 18.6. The molecule has 1 saturated carbocycles. The van der Waals surface area contributed by atoms with Gasteiger partial charge in [0.2, 0.25) is 5.89 Å². The molecule has 1 N–H and O–H groups in total. The van der Waals surface area contributed by atoms with Gasteiger partial charge in [-0.05, 0) is 32.6 Å². The van der Waals surface area contributed by atoms with E-state index in [1.165, 1.54) is 24.2 Å². The van der Waals surface area contributed by atoms with Gasteiger partial charge in [0.1, 0.15) is 10.4 Å². The zero-order valence-corrected chi connectivity index (χ0v) is 16.7. The van der Waals surface area contributed by atoms with Crippen LogP contribution in [0.15, 0.2) is 4.52 Å². The summed E-state index contributed by atoms with van der Waals surface area (Å²) in [6.45, 7) is 5.87. The van der Waals surface area contributed by atoms with Gasteiger partial charge in [0.25, 0.3) is 5.91 Å². The van der Waals surface area contributed by atoms with Crippen LogP contribution in [0.5, 0.6) is 0 Å². The van der Waals surface area contributed by atoms with Crippen LogP contribution in [0.4, 0.5) is 0 Å². The topological polar surface area (TPSA) is 80.9 Å². The van der Waals surface area contributed by atoms with Crippen molar-refractivity contribution >= 4 is 17.2 Å². The molecule has 2 aromatic rings. The van der Waals surface area contributed by atoms with Crippen LogP contribution in [-0.4, -0.2) is 21.0 Å². The molecule has 0 unspecified atom stereocenters. The number of rotatable bonds is 6. The molecule has 26 heavy (non-hydrogen) atoms. The first-order valence-electron chi connectivity index (χ1n) is 9.63. The van der Waals surface area contributed by atoms with Gasteiger partial charge >= 0.3 is 0 Å². The van der Waals surface area contributed by atoms with Crippen LogP contribution in [-0.2, 0) is 12.0 Å². The second-order valence-corrected chi connectivity index (χ2v) is 8.30. The van der Waals surface area contributed by atoms with E-state index in [0.717, 1.165) is 55.6 Å². The van der Waals surface area contributed by atoms with E-state index in [1.807, 2.05) is 6.92 Å². The number of hydrogen-bond acceptors (Lipinski definition) is 6. The number of nitrogens with one attached hydrogen (secondary N) is 1. The first-order chi connectivity index (χ1) is 12.5. The van der Waals surface area contributed by atoms with Crippen LogP contribution >= 0.6 is 11.3 Å². The SMILES string of the molecule is CCCCc1nc(C)c(C(=O)NC2(c3noc(C)n3)CCCCCC2)s1. The van der Waals surface area contributed by atoms with Gasteiger partial charge in [-0.2, -0.15) is 4.98 Å². The Labute approximate surface area is 158 Å². The minimum Gasteiger partial charge on any atom is -0.340 e. The molecule has 1 fully saturated rings. The Morgan fingerprint density at radius 2 is 1.92 bits per heavy atom. The molecular weight excluding hydrogens is 348 g/mol. The lowest BCUT2D eigenvalue weighted by molar-refractivity contribution is 0.0880. The maximum atomic E-state index is 13.1. The number of aromatic nitrogens is 3. The summed E-state index contributed by atoms with van der Waals surface area (Å²) in [6, 6.07) is 0. The van der Waals surface area contributed by atoms with Crippen LogP contribution in [0.2, 0.25) is 0 Å². The summed E-state index contributed by atoms with van der Waals surface area (Å²) in [5.74, 6) is 1.08. The highest BCUT2D eigenvalue weighted by Crippen LogP contribution is 2.35. The number of amides is 1. The van der Waals surface area contributed by atoms with E-state index >= 15 is 0 Å². The quantitative estimate of drug-likeness (QED) is 0.753. The van der Waals surface area contributed by atoms with E-state index in [2.05, 4.69) is 27.4 Å². The Morgan fingerprint density at radius 1 is 1.19 bits per heavy atom. The van der Waals surface area contributed by atoms with E-state index in [-0.39, 0.29) is 5.91 Å². The lowest BCUT2D eigenvalue weighted by atomic mass is 9.89. The summed E-state index contributed by atoms with van der Waals surface area (Å²) in [6.07, 6.45) is 9.31. The number of carbonyl (C=O) groups is 1. The molecule has 0 aromatic carbocycles. The highest BCUT2D eigenvalue weighted by Gasteiger charge is 2.39. The molecule has 2 aromatic heterocycles. The van der Waals surface area contributed by atoms with Crippen molar-refractivity contribution in [1.82, 2.24) is 20.4 Å². The predicted octanol–water partition coefficient (Wildman–Crippen LogP) is 4.47. The fourth-order valence-corrected chi connectivity index (χ4v) is 4.60. The largest absolute Gasteiger partial charge is 0.340 e. The molecule has 0 radical (unpaired) electrons. The summed E-state index contributed by atoms with van der Waals surface area (Å²) in [5.41, 5.74) is 0.275. The maximum Gasteiger partial charge on any atom is 0.264 e. The smallest absolute Gasteiger partial charge is 0.264 e. The molecule has 0 spiro atoms. The summed E-state index contributed by atoms with van der Waals surface area (Å²) < 4.78 is 5.22. The minimum atomic E-state index is -0.536. The van der Waals surface area contributed by atoms with E-state index in [1.54, 1.807) is 6.92 Å². The van der Waals surface area contributed by atoms with Gasteiger partial charge in [0, 0.05) is 6.92 Å². The lowest BCUT2D eigenvalue weighted by Gasteiger charge is -2.30. The molecule has 7 heteroatoms. The first-order valence-corrected chi connectivity index (χ1v) is 10.5. The van der Waals surface area contributed by atoms with E-state index < -0.39 is 5.54 Å². The number of thiazole rings is 1. The minimum absolute atomic E-state index is 0.0629. The summed E-state index contributed by atoms with van der Waals surface area (Å²) in [7, 11) is 0. The number of aryl methyl sites for hydroxylation is 3. The summed E-state index contributed by atoms with van der Waals surface area (Å²) in [5, 5.41) is 8.47. The van der Waals surface area contributed by atoms with Gasteiger partial charge < -0.3 is 9.84 Å². The lowest BCUT2D eigenvalue weighted by Crippen LogP contribution is -2.46.